The first kappa shape index (κ1) is 15.8. The number of nitrogens with one attached hydrogen (secondary N) is 2. The smallest absolute Gasteiger partial charge is 0.315 e. The van der Waals surface area contributed by atoms with Crippen LogP contribution < -0.4 is 10.6 Å². The number of carbonyl (C=O) groups excluding carboxylic acids is 1. The Labute approximate surface area is 126 Å². The minimum Gasteiger partial charge on any atom is -0.392 e. The summed E-state index contributed by atoms with van der Waals surface area (Å²) in [4.78, 5) is 16.2. The van der Waals surface area contributed by atoms with Gasteiger partial charge in [-0.3, -0.25) is 4.98 Å². The summed E-state index contributed by atoms with van der Waals surface area (Å²) in [5.41, 5.74) is 1.57. The second kappa shape index (κ2) is 6.89. The molecule has 1 aromatic rings. The van der Waals surface area contributed by atoms with Crippen LogP contribution in [0.25, 0.3) is 0 Å². The molecule has 2 rings (SSSR count). The van der Waals surface area contributed by atoms with Gasteiger partial charge in [-0.1, -0.05) is 25.8 Å². The van der Waals surface area contributed by atoms with Crippen LogP contribution in [0.15, 0.2) is 18.2 Å². The van der Waals surface area contributed by atoms with Gasteiger partial charge in [0.1, 0.15) is 0 Å². The first-order chi connectivity index (χ1) is 9.99. The maximum Gasteiger partial charge on any atom is 0.315 e. The number of aliphatic hydroxyl groups is 1. The molecule has 21 heavy (non-hydrogen) atoms. The molecule has 1 aliphatic rings. The zero-order chi connectivity index (χ0) is 15.3. The van der Waals surface area contributed by atoms with Gasteiger partial charge in [-0.25, -0.2) is 4.79 Å². The van der Waals surface area contributed by atoms with E-state index in [1.165, 1.54) is 0 Å². The molecule has 1 aliphatic carbocycles. The fraction of sp³-hybridized carbons (Fsp3) is 0.625. The second-order valence-electron chi connectivity index (χ2n) is 6.22. The summed E-state index contributed by atoms with van der Waals surface area (Å²) in [5, 5.41) is 15.8. The monoisotopic (exact) mass is 291 g/mol. The van der Waals surface area contributed by atoms with Crippen molar-refractivity contribution in [2.24, 2.45) is 5.41 Å². The van der Waals surface area contributed by atoms with Crippen LogP contribution in [0.4, 0.5) is 4.79 Å². The van der Waals surface area contributed by atoms with E-state index in [0.717, 1.165) is 37.1 Å². The Kier molecular flexibility index (Phi) is 5.17. The summed E-state index contributed by atoms with van der Waals surface area (Å²) in [6.45, 7) is 4.88. The molecule has 116 valence electrons. The number of nitrogens with zero attached hydrogens (tertiary/aromatic N) is 1. The first-order valence-corrected chi connectivity index (χ1v) is 7.62. The summed E-state index contributed by atoms with van der Waals surface area (Å²) < 4.78 is 0. The SMILES string of the molecule is Cc1cccc(CNC(=O)NCC2(C)CCCCC2O)n1. The fourth-order valence-corrected chi connectivity index (χ4v) is 2.80. The quantitative estimate of drug-likeness (QED) is 0.795. The Morgan fingerprint density at radius 1 is 1.43 bits per heavy atom. The average Bonchev–Trinajstić information content (AvgIpc) is 2.46. The van der Waals surface area contributed by atoms with Gasteiger partial charge in [0.15, 0.2) is 0 Å². The topological polar surface area (TPSA) is 74.2 Å². The van der Waals surface area contributed by atoms with Crippen LogP contribution in [0, 0.1) is 12.3 Å². The van der Waals surface area contributed by atoms with Crippen molar-refractivity contribution in [3.05, 3.63) is 29.6 Å². The van der Waals surface area contributed by atoms with Crippen molar-refractivity contribution >= 4 is 6.03 Å². The Morgan fingerprint density at radius 3 is 2.95 bits per heavy atom. The number of hydrogen-bond acceptors (Lipinski definition) is 3. The fourth-order valence-electron chi connectivity index (χ4n) is 2.80. The molecule has 0 aromatic carbocycles. The second-order valence-corrected chi connectivity index (χ2v) is 6.22. The molecule has 0 aliphatic heterocycles. The van der Waals surface area contributed by atoms with Crippen LogP contribution in [0.2, 0.25) is 0 Å². The minimum absolute atomic E-state index is 0.211. The molecule has 1 saturated carbocycles. The van der Waals surface area contributed by atoms with Crippen molar-refractivity contribution in [3.8, 4) is 0 Å². The predicted octanol–water partition coefficient (Wildman–Crippen LogP) is 2.13. The lowest BCUT2D eigenvalue weighted by Crippen LogP contribution is -2.47. The van der Waals surface area contributed by atoms with Crippen molar-refractivity contribution in [1.29, 1.82) is 0 Å². The Hall–Kier alpha value is -1.62. The van der Waals surface area contributed by atoms with Gasteiger partial charge >= 0.3 is 6.03 Å². The molecule has 2 unspecified atom stereocenters. The van der Waals surface area contributed by atoms with Gasteiger partial charge in [0.25, 0.3) is 0 Å². The molecular formula is C16H25N3O2. The number of aliphatic hydroxyl groups excluding tert-OH is 1. The van der Waals surface area contributed by atoms with Crippen LogP contribution in [-0.4, -0.2) is 28.8 Å². The largest absolute Gasteiger partial charge is 0.392 e. The zero-order valence-corrected chi connectivity index (χ0v) is 12.9. The van der Waals surface area contributed by atoms with E-state index >= 15 is 0 Å². The maximum absolute atomic E-state index is 11.9. The Bertz CT molecular complexity index is 492. The molecule has 1 heterocycles. The third kappa shape index (κ3) is 4.43. The third-order valence-electron chi connectivity index (χ3n) is 4.31. The van der Waals surface area contributed by atoms with E-state index in [4.69, 9.17) is 0 Å². The molecule has 2 atom stereocenters. The summed E-state index contributed by atoms with van der Waals surface area (Å²) in [6.07, 6.45) is 3.64. The van der Waals surface area contributed by atoms with Gasteiger partial charge in [-0.15, -0.1) is 0 Å². The molecule has 3 N–H and O–H groups in total. The van der Waals surface area contributed by atoms with E-state index in [-0.39, 0.29) is 17.6 Å². The van der Waals surface area contributed by atoms with E-state index in [1.807, 2.05) is 32.0 Å². The molecule has 1 fully saturated rings. The molecule has 0 saturated heterocycles. The van der Waals surface area contributed by atoms with E-state index in [9.17, 15) is 9.90 Å². The number of carbonyl (C=O) groups is 1. The predicted molar refractivity (Wildman–Crippen MR) is 81.8 cm³/mol. The van der Waals surface area contributed by atoms with Crippen LogP contribution in [0.5, 0.6) is 0 Å². The van der Waals surface area contributed by atoms with Crippen LogP contribution in [-0.2, 0) is 6.54 Å². The highest BCUT2D eigenvalue weighted by atomic mass is 16.3. The minimum atomic E-state index is -0.329. The van der Waals surface area contributed by atoms with Crippen molar-refractivity contribution in [2.75, 3.05) is 6.54 Å². The number of aromatic nitrogens is 1. The molecule has 0 spiro atoms. The van der Waals surface area contributed by atoms with Crippen molar-refractivity contribution in [3.63, 3.8) is 0 Å². The van der Waals surface area contributed by atoms with Gasteiger partial charge in [0, 0.05) is 17.7 Å². The third-order valence-corrected chi connectivity index (χ3v) is 4.31. The lowest BCUT2D eigenvalue weighted by molar-refractivity contribution is 0.00308. The molecule has 5 heteroatoms. The maximum atomic E-state index is 11.9. The van der Waals surface area contributed by atoms with Crippen LogP contribution in [0.1, 0.15) is 44.0 Å². The van der Waals surface area contributed by atoms with Gasteiger partial charge < -0.3 is 15.7 Å². The standard InChI is InChI=1S/C16H25N3O2/c1-12-6-5-7-13(19-12)10-17-15(21)18-11-16(2)9-4-3-8-14(16)20/h5-7,14,20H,3-4,8-11H2,1-2H3,(H2,17,18,21). The van der Waals surface area contributed by atoms with Gasteiger partial charge in [-0.05, 0) is 31.9 Å². The van der Waals surface area contributed by atoms with E-state index in [2.05, 4.69) is 15.6 Å². The zero-order valence-electron chi connectivity index (χ0n) is 12.9. The molecule has 0 radical (unpaired) electrons. The molecule has 1 aromatic heterocycles. The first-order valence-electron chi connectivity index (χ1n) is 7.62. The highest BCUT2D eigenvalue weighted by Crippen LogP contribution is 2.35. The van der Waals surface area contributed by atoms with Crippen molar-refractivity contribution in [2.45, 2.75) is 52.2 Å². The highest BCUT2D eigenvalue weighted by molar-refractivity contribution is 5.73. The number of aryl methyl sites for hydroxylation is 1. The van der Waals surface area contributed by atoms with E-state index in [1.54, 1.807) is 0 Å². The van der Waals surface area contributed by atoms with Crippen molar-refractivity contribution in [1.82, 2.24) is 15.6 Å². The lowest BCUT2D eigenvalue weighted by atomic mass is 9.73. The summed E-state index contributed by atoms with van der Waals surface area (Å²) >= 11 is 0. The van der Waals surface area contributed by atoms with Gasteiger partial charge in [0.05, 0.1) is 18.3 Å². The summed E-state index contributed by atoms with van der Waals surface area (Å²) in [6, 6.07) is 5.53. The summed E-state index contributed by atoms with van der Waals surface area (Å²) in [5.74, 6) is 0. The van der Waals surface area contributed by atoms with E-state index < -0.39 is 0 Å². The Balaban J connectivity index is 1.77. The van der Waals surface area contributed by atoms with Crippen LogP contribution in [0.3, 0.4) is 0 Å². The molecule has 5 nitrogen and oxygen atoms in total. The van der Waals surface area contributed by atoms with Crippen molar-refractivity contribution < 1.29 is 9.90 Å². The number of urea groups is 1. The molecular weight excluding hydrogens is 266 g/mol. The van der Waals surface area contributed by atoms with Gasteiger partial charge in [0.2, 0.25) is 0 Å². The Morgan fingerprint density at radius 2 is 2.24 bits per heavy atom. The molecule has 2 amide bonds. The number of rotatable bonds is 4. The normalized spacial score (nSPS) is 25.4. The highest BCUT2D eigenvalue weighted by Gasteiger charge is 2.35. The van der Waals surface area contributed by atoms with Gasteiger partial charge in [-0.2, -0.15) is 0 Å². The number of hydrogen-bond donors (Lipinski definition) is 3. The van der Waals surface area contributed by atoms with Crippen LogP contribution >= 0.6 is 0 Å². The van der Waals surface area contributed by atoms with E-state index in [0.29, 0.717) is 13.1 Å². The lowest BCUT2D eigenvalue weighted by Gasteiger charge is -2.38. The number of pyridine rings is 1. The average molecular weight is 291 g/mol. The summed E-state index contributed by atoms with van der Waals surface area (Å²) in [7, 11) is 0. The number of amides is 2. The molecule has 0 bridgehead atoms.